The van der Waals surface area contributed by atoms with E-state index in [1.165, 1.54) is 12.3 Å². The van der Waals surface area contributed by atoms with Crippen LogP contribution in [0.4, 0.5) is 0 Å². The van der Waals surface area contributed by atoms with Crippen molar-refractivity contribution in [3.8, 4) is 0 Å². The number of hydrogen-bond donors (Lipinski definition) is 3. The molecule has 0 fully saturated rings. The van der Waals surface area contributed by atoms with Crippen LogP contribution in [-0.4, -0.2) is 34.3 Å². The normalized spacial score (nSPS) is 15.1. The van der Waals surface area contributed by atoms with Crippen molar-refractivity contribution in [1.29, 1.82) is 0 Å². The van der Waals surface area contributed by atoms with Crippen molar-refractivity contribution in [2.45, 2.75) is 18.6 Å². The van der Waals surface area contributed by atoms with E-state index in [9.17, 15) is 15.0 Å². The second-order valence-electron chi connectivity index (χ2n) is 2.88. The van der Waals surface area contributed by atoms with Gasteiger partial charge in [0, 0.05) is 12.2 Å². The molecule has 0 aromatic carbocycles. The monoisotopic (exact) mass is 200 g/mol. The maximum atomic E-state index is 10.4. The highest BCUT2D eigenvalue weighted by Crippen LogP contribution is 2.22. The molecule has 3 N–H and O–H groups in total. The highest BCUT2D eigenvalue weighted by molar-refractivity contribution is 5.73. The van der Waals surface area contributed by atoms with E-state index in [0.29, 0.717) is 6.29 Å². The highest BCUT2D eigenvalue weighted by Gasteiger charge is 2.22. The Hall–Kier alpha value is -1.17. The van der Waals surface area contributed by atoms with Gasteiger partial charge in [-0.15, -0.1) is 0 Å². The smallest absolute Gasteiger partial charge is 0.185 e. The Kier molecular flexibility index (Phi) is 3.82. The van der Waals surface area contributed by atoms with Gasteiger partial charge in [0.15, 0.2) is 12.0 Å². The number of carbonyl (C=O) groups is 1. The van der Waals surface area contributed by atoms with Crippen molar-refractivity contribution in [3.63, 3.8) is 0 Å². The molecule has 0 radical (unpaired) electrons. The molecule has 2 atom stereocenters. The fourth-order valence-electron chi connectivity index (χ4n) is 1.17. The molecule has 0 aliphatic rings. The lowest BCUT2D eigenvalue weighted by molar-refractivity contribution is 0.00356. The second kappa shape index (κ2) is 4.90. The summed E-state index contributed by atoms with van der Waals surface area (Å²) in [4.78, 5) is 10.4. The van der Waals surface area contributed by atoms with E-state index in [1.54, 1.807) is 0 Å². The van der Waals surface area contributed by atoms with Crippen molar-refractivity contribution >= 4 is 6.29 Å². The van der Waals surface area contributed by atoms with Gasteiger partial charge in [0.2, 0.25) is 0 Å². The number of furan rings is 1. The van der Waals surface area contributed by atoms with Crippen LogP contribution in [0.1, 0.15) is 28.6 Å². The molecule has 0 saturated heterocycles. The first kappa shape index (κ1) is 10.9. The van der Waals surface area contributed by atoms with E-state index in [1.807, 2.05) is 0 Å². The van der Waals surface area contributed by atoms with E-state index in [2.05, 4.69) is 0 Å². The molecule has 5 heteroatoms. The summed E-state index contributed by atoms with van der Waals surface area (Å²) in [5, 5.41) is 27.4. The minimum Gasteiger partial charge on any atom is -0.461 e. The fraction of sp³-hybridized carbons (Fsp3) is 0.444. The predicted octanol–water partition coefficient (Wildman–Crippen LogP) is -0.131. The van der Waals surface area contributed by atoms with Gasteiger partial charge in [-0.05, 0) is 12.5 Å². The summed E-state index contributed by atoms with van der Waals surface area (Å²) in [6.07, 6.45) is -0.541. The standard InChI is InChI=1S/C9H12O5/c10-3-1-7(12)9(13)6-2-4-14-8(6)5-11/h2,4-5,7,9-10,12-13H,1,3H2. The van der Waals surface area contributed by atoms with Gasteiger partial charge in [-0.3, -0.25) is 4.79 Å². The molecule has 1 rings (SSSR count). The summed E-state index contributed by atoms with van der Waals surface area (Å²) < 4.78 is 4.76. The number of rotatable bonds is 5. The van der Waals surface area contributed by atoms with Gasteiger partial charge in [0.1, 0.15) is 6.10 Å². The third-order valence-electron chi connectivity index (χ3n) is 1.94. The molecule has 0 saturated carbocycles. The molecular weight excluding hydrogens is 188 g/mol. The molecule has 1 aromatic rings. The van der Waals surface area contributed by atoms with Gasteiger partial charge < -0.3 is 19.7 Å². The van der Waals surface area contributed by atoms with Crippen molar-refractivity contribution in [2.75, 3.05) is 6.61 Å². The second-order valence-corrected chi connectivity index (χ2v) is 2.88. The molecule has 2 unspecified atom stereocenters. The zero-order valence-corrected chi connectivity index (χ0v) is 7.46. The maximum Gasteiger partial charge on any atom is 0.185 e. The van der Waals surface area contributed by atoms with Crippen LogP contribution in [0.5, 0.6) is 0 Å². The van der Waals surface area contributed by atoms with Crippen LogP contribution in [0.25, 0.3) is 0 Å². The number of aldehydes is 1. The lowest BCUT2D eigenvalue weighted by Crippen LogP contribution is -2.19. The largest absolute Gasteiger partial charge is 0.461 e. The number of aliphatic hydroxyl groups is 3. The topological polar surface area (TPSA) is 90.9 Å². The number of hydrogen-bond acceptors (Lipinski definition) is 5. The van der Waals surface area contributed by atoms with Crippen molar-refractivity contribution in [2.24, 2.45) is 0 Å². The van der Waals surface area contributed by atoms with Gasteiger partial charge in [0.05, 0.1) is 12.4 Å². The van der Waals surface area contributed by atoms with Crippen LogP contribution in [0, 0.1) is 0 Å². The third kappa shape index (κ3) is 2.20. The first-order valence-corrected chi connectivity index (χ1v) is 4.20. The third-order valence-corrected chi connectivity index (χ3v) is 1.94. The van der Waals surface area contributed by atoms with Gasteiger partial charge in [-0.2, -0.15) is 0 Å². The van der Waals surface area contributed by atoms with Crippen LogP contribution in [0.2, 0.25) is 0 Å². The van der Waals surface area contributed by atoms with Gasteiger partial charge in [0.25, 0.3) is 0 Å². The van der Waals surface area contributed by atoms with Crippen LogP contribution in [-0.2, 0) is 0 Å². The van der Waals surface area contributed by atoms with Crippen molar-refractivity contribution < 1.29 is 24.5 Å². The maximum absolute atomic E-state index is 10.4. The summed E-state index contributed by atoms with van der Waals surface area (Å²) in [5.74, 6) is -0.00510. The van der Waals surface area contributed by atoms with Gasteiger partial charge in [-0.25, -0.2) is 0 Å². The lowest BCUT2D eigenvalue weighted by atomic mass is 10.0. The average Bonchev–Trinajstić information content (AvgIpc) is 2.64. The SMILES string of the molecule is O=Cc1occc1C(O)C(O)CCO. The first-order chi connectivity index (χ1) is 6.70. The zero-order valence-electron chi connectivity index (χ0n) is 7.46. The molecule has 5 nitrogen and oxygen atoms in total. The Morgan fingerprint density at radius 2 is 2.21 bits per heavy atom. The van der Waals surface area contributed by atoms with E-state index in [0.717, 1.165) is 0 Å². The summed E-state index contributed by atoms with van der Waals surface area (Å²) in [6.45, 7) is -0.230. The summed E-state index contributed by atoms with van der Waals surface area (Å²) >= 11 is 0. The van der Waals surface area contributed by atoms with Crippen LogP contribution < -0.4 is 0 Å². The van der Waals surface area contributed by atoms with Crippen molar-refractivity contribution in [3.05, 3.63) is 23.7 Å². The van der Waals surface area contributed by atoms with Crippen LogP contribution in [0.3, 0.4) is 0 Å². The molecule has 0 amide bonds. The minimum atomic E-state index is -1.21. The Morgan fingerprint density at radius 1 is 1.50 bits per heavy atom. The molecule has 0 spiro atoms. The summed E-state index contributed by atoms with van der Waals surface area (Å²) in [5.41, 5.74) is 0.237. The molecule has 1 heterocycles. The zero-order chi connectivity index (χ0) is 10.6. The molecule has 0 aliphatic heterocycles. The minimum absolute atomic E-state index is 0.00510. The van der Waals surface area contributed by atoms with Gasteiger partial charge in [-0.1, -0.05) is 0 Å². The highest BCUT2D eigenvalue weighted by atomic mass is 16.3. The van der Waals surface area contributed by atoms with E-state index in [4.69, 9.17) is 9.52 Å². The van der Waals surface area contributed by atoms with E-state index in [-0.39, 0.29) is 24.4 Å². The Balaban J connectivity index is 2.77. The molecule has 14 heavy (non-hydrogen) atoms. The quantitative estimate of drug-likeness (QED) is 0.576. The van der Waals surface area contributed by atoms with Crippen LogP contribution >= 0.6 is 0 Å². The van der Waals surface area contributed by atoms with Crippen LogP contribution in [0.15, 0.2) is 16.7 Å². The molecule has 78 valence electrons. The Labute approximate surface area is 80.6 Å². The lowest BCUT2D eigenvalue weighted by Gasteiger charge is -2.15. The van der Waals surface area contributed by atoms with Gasteiger partial charge >= 0.3 is 0 Å². The summed E-state index contributed by atoms with van der Waals surface area (Å²) in [7, 11) is 0. The predicted molar refractivity (Wildman–Crippen MR) is 46.8 cm³/mol. The molecule has 1 aromatic heterocycles. The van der Waals surface area contributed by atoms with E-state index < -0.39 is 12.2 Å². The molecular formula is C9H12O5. The Morgan fingerprint density at radius 3 is 2.79 bits per heavy atom. The average molecular weight is 200 g/mol. The number of aliphatic hydroxyl groups excluding tert-OH is 3. The molecule has 0 bridgehead atoms. The first-order valence-electron chi connectivity index (χ1n) is 4.20. The fourth-order valence-corrected chi connectivity index (χ4v) is 1.17. The number of carbonyl (C=O) groups excluding carboxylic acids is 1. The summed E-state index contributed by atoms with van der Waals surface area (Å²) in [6, 6.07) is 1.41. The molecule has 0 aliphatic carbocycles. The Bertz CT molecular complexity index is 293. The van der Waals surface area contributed by atoms with Crippen molar-refractivity contribution in [1.82, 2.24) is 0 Å². The van der Waals surface area contributed by atoms with E-state index >= 15 is 0 Å².